The number of carbonyl (C=O) groups is 2. The number of nitrogens with zero attached hydrogens (tertiary/aromatic N) is 3. The Hall–Kier alpha value is -3.22. The van der Waals surface area contributed by atoms with Crippen LogP contribution in [0.5, 0.6) is 0 Å². The maximum atomic E-state index is 14.1. The number of amides is 2. The zero-order valence-corrected chi connectivity index (χ0v) is 16.6. The van der Waals surface area contributed by atoms with Crippen molar-refractivity contribution in [2.75, 3.05) is 24.5 Å². The van der Waals surface area contributed by atoms with Gasteiger partial charge in [-0.2, -0.15) is 0 Å². The molecule has 2 aliphatic rings. The molecule has 154 valence electrons. The second kappa shape index (κ2) is 7.55. The van der Waals surface area contributed by atoms with Crippen LogP contribution in [0.4, 0.5) is 10.1 Å². The molecule has 1 N–H and O–H groups in total. The van der Waals surface area contributed by atoms with Crippen LogP contribution in [-0.2, 0) is 9.59 Å². The Labute approximate surface area is 173 Å². The van der Waals surface area contributed by atoms with Crippen LogP contribution in [0.25, 0.3) is 11.0 Å². The molecule has 4 heterocycles. The van der Waals surface area contributed by atoms with Crippen molar-refractivity contribution >= 4 is 28.5 Å². The molecule has 1 aromatic carbocycles. The number of H-pyrrole nitrogens is 1. The van der Waals surface area contributed by atoms with E-state index in [4.69, 9.17) is 0 Å². The molecule has 0 spiro atoms. The molecule has 2 fully saturated rings. The molecule has 0 radical (unpaired) electrons. The first-order chi connectivity index (χ1) is 14.6. The van der Waals surface area contributed by atoms with E-state index in [1.54, 1.807) is 24.4 Å². The molecule has 0 bridgehead atoms. The average molecular weight is 406 g/mol. The molecular formula is C23H23FN4O2. The molecule has 1 atom stereocenters. The van der Waals surface area contributed by atoms with Crippen molar-refractivity contribution in [2.45, 2.75) is 25.2 Å². The molecule has 5 rings (SSSR count). The first-order valence-electron chi connectivity index (χ1n) is 10.4. The minimum absolute atomic E-state index is 0.00114. The van der Waals surface area contributed by atoms with Crippen LogP contribution >= 0.6 is 0 Å². The molecule has 0 saturated carbocycles. The molecule has 2 saturated heterocycles. The Morgan fingerprint density at radius 1 is 1.13 bits per heavy atom. The van der Waals surface area contributed by atoms with Crippen molar-refractivity contribution in [1.82, 2.24) is 14.9 Å². The molecule has 6 nitrogen and oxygen atoms in total. The third-order valence-corrected chi connectivity index (χ3v) is 6.35. The van der Waals surface area contributed by atoms with E-state index in [1.165, 1.54) is 16.5 Å². The van der Waals surface area contributed by atoms with Crippen LogP contribution in [0.3, 0.4) is 0 Å². The topological polar surface area (TPSA) is 69.3 Å². The Kier molecular flexibility index (Phi) is 4.73. The molecule has 0 aliphatic carbocycles. The maximum Gasteiger partial charge on any atom is 0.228 e. The highest BCUT2D eigenvalue weighted by molar-refractivity contribution is 6.00. The van der Waals surface area contributed by atoms with Gasteiger partial charge in [0.1, 0.15) is 11.5 Å². The van der Waals surface area contributed by atoms with Gasteiger partial charge in [0, 0.05) is 43.8 Å². The van der Waals surface area contributed by atoms with E-state index in [1.807, 2.05) is 17.2 Å². The highest BCUT2D eigenvalue weighted by Gasteiger charge is 2.39. The van der Waals surface area contributed by atoms with Crippen LogP contribution in [0.2, 0.25) is 0 Å². The molecule has 7 heteroatoms. The van der Waals surface area contributed by atoms with Gasteiger partial charge in [-0.3, -0.25) is 9.59 Å². The monoisotopic (exact) mass is 406 g/mol. The number of pyridine rings is 1. The van der Waals surface area contributed by atoms with Crippen LogP contribution in [0.1, 0.15) is 30.7 Å². The number of halogens is 1. The first-order valence-corrected chi connectivity index (χ1v) is 10.4. The van der Waals surface area contributed by atoms with Crippen molar-refractivity contribution in [3.05, 3.63) is 60.2 Å². The van der Waals surface area contributed by atoms with Crippen molar-refractivity contribution in [3.63, 3.8) is 0 Å². The van der Waals surface area contributed by atoms with E-state index >= 15 is 0 Å². The standard InChI is InChI=1S/C23H23FN4O2/c24-19-5-1-2-6-20(19)28-14-16(12-21(28)29)23(30)27-10-7-15(8-11-27)18-13-26-22-17(18)4-3-9-25-22/h1-6,9,13,15-16H,7-8,10-12,14H2,(H,25,26). The van der Waals surface area contributed by atoms with Gasteiger partial charge in [-0.05, 0) is 48.6 Å². The molecule has 3 aromatic rings. The quantitative estimate of drug-likeness (QED) is 0.724. The number of hydrogen-bond acceptors (Lipinski definition) is 3. The van der Waals surface area contributed by atoms with Crippen molar-refractivity contribution in [3.8, 4) is 0 Å². The number of fused-ring (bicyclic) bond motifs is 1. The first kappa shape index (κ1) is 18.8. The highest BCUT2D eigenvalue weighted by atomic mass is 19.1. The van der Waals surface area contributed by atoms with E-state index in [9.17, 15) is 14.0 Å². The van der Waals surface area contributed by atoms with E-state index in [-0.39, 0.29) is 30.5 Å². The summed E-state index contributed by atoms with van der Waals surface area (Å²) in [7, 11) is 0. The van der Waals surface area contributed by atoms with Gasteiger partial charge in [0.25, 0.3) is 0 Å². The number of hydrogen-bond donors (Lipinski definition) is 1. The summed E-state index contributed by atoms with van der Waals surface area (Å²) < 4.78 is 14.1. The van der Waals surface area contributed by atoms with Crippen molar-refractivity contribution in [1.29, 1.82) is 0 Å². The average Bonchev–Trinajstić information content (AvgIpc) is 3.37. The zero-order valence-electron chi connectivity index (χ0n) is 16.6. The van der Waals surface area contributed by atoms with Gasteiger partial charge in [0.05, 0.1) is 11.6 Å². The second-order valence-corrected chi connectivity index (χ2v) is 8.10. The highest BCUT2D eigenvalue weighted by Crippen LogP contribution is 2.34. The van der Waals surface area contributed by atoms with Gasteiger partial charge >= 0.3 is 0 Å². The fourth-order valence-electron chi connectivity index (χ4n) is 4.76. The number of aromatic amines is 1. The van der Waals surface area contributed by atoms with Crippen LogP contribution < -0.4 is 4.90 Å². The number of piperidine rings is 1. The van der Waals surface area contributed by atoms with Gasteiger partial charge in [-0.25, -0.2) is 9.37 Å². The van der Waals surface area contributed by atoms with Gasteiger partial charge in [-0.15, -0.1) is 0 Å². The number of rotatable bonds is 3. The lowest BCUT2D eigenvalue weighted by atomic mass is 9.89. The third kappa shape index (κ3) is 3.24. The summed E-state index contributed by atoms with van der Waals surface area (Å²) in [4.78, 5) is 36.3. The lowest BCUT2D eigenvalue weighted by molar-refractivity contribution is -0.136. The van der Waals surface area contributed by atoms with Crippen LogP contribution in [-0.4, -0.2) is 46.3 Å². The fraction of sp³-hybridized carbons (Fsp3) is 0.348. The van der Waals surface area contributed by atoms with Gasteiger partial charge in [0.2, 0.25) is 11.8 Å². The Morgan fingerprint density at radius 3 is 2.73 bits per heavy atom. The van der Waals surface area contributed by atoms with E-state index < -0.39 is 11.7 Å². The van der Waals surface area contributed by atoms with E-state index in [0.717, 1.165) is 23.9 Å². The number of anilines is 1. The predicted molar refractivity (Wildman–Crippen MR) is 112 cm³/mol. The Balaban J connectivity index is 1.24. The normalized spacial score (nSPS) is 20.3. The smallest absolute Gasteiger partial charge is 0.228 e. The third-order valence-electron chi connectivity index (χ3n) is 6.35. The lowest BCUT2D eigenvalue weighted by Gasteiger charge is -2.33. The second-order valence-electron chi connectivity index (χ2n) is 8.10. The number of likely N-dealkylation sites (tertiary alicyclic amines) is 1. The van der Waals surface area contributed by atoms with E-state index in [0.29, 0.717) is 19.0 Å². The summed E-state index contributed by atoms with van der Waals surface area (Å²) in [6.07, 6.45) is 5.71. The van der Waals surface area contributed by atoms with Gasteiger partial charge < -0.3 is 14.8 Å². The van der Waals surface area contributed by atoms with E-state index in [2.05, 4.69) is 16.0 Å². The van der Waals surface area contributed by atoms with Crippen molar-refractivity contribution in [2.24, 2.45) is 5.92 Å². The summed E-state index contributed by atoms with van der Waals surface area (Å²) in [5.74, 6) is -0.660. The minimum atomic E-state index is -0.437. The predicted octanol–water partition coefficient (Wildman–Crippen LogP) is 3.46. The number of aromatic nitrogens is 2. The van der Waals surface area contributed by atoms with Gasteiger partial charge in [0.15, 0.2) is 0 Å². The Morgan fingerprint density at radius 2 is 1.93 bits per heavy atom. The molecule has 2 amide bonds. The molecular weight excluding hydrogens is 383 g/mol. The molecule has 2 aromatic heterocycles. The number of nitrogens with one attached hydrogen (secondary N) is 1. The summed E-state index contributed by atoms with van der Waals surface area (Å²) in [6, 6.07) is 10.2. The molecule has 30 heavy (non-hydrogen) atoms. The zero-order chi connectivity index (χ0) is 20.7. The summed E-state index contributed by atoms with van der Waals surface area (Å²) >= 11 is 0. The van der Waals surface area contributed by atoms with Crippen LogP contribution in [0.15, 0.2) is 48.8 Å². The molecule has 2 aliphatic heterocycles. The minimum Gasteiger partial charge on any atom is -0.346 e. The largest absolute Gasteiger partial charge is 0.346 e. The summed E-state index contributed by atoms with van der Waals surface area (Å²) in [6.45, 7) is 1.58. The number of carbonyl (C=O) groups excluding carboxylic acids is 2. The molecule has 1 unspecified atom stereocenters. The Bertz CT molecular complexity index is 1100. The number of benzene rings is 1. The fourth-order valence-corrected chi connectivity index (χ4v) is 4.76. The lowest BCUT2D eigenvalue weighted by Crippen LogP contribution is -2.42. The van der Waals surface area contributed by atoms with Crippen LogP contribution in [0, 0.1) is 11.7 Å². The summed E-state index contributed by atoms with van der Waals surface area (Å²) in [5, 5.41) is 1.14. The SMILES string of the molecule is O=C(C1CC(=O)N(c2ccccc2F)C1)N1CCC(c2c[nH]c3ncccc23)CC1. The van der Waals surface area contributed by atoms with Crippen molar-refractivity contribution < 1.29 is 14.0 Å². The number of para-hydroxylation sites is 1. The van der Waals surface area contributed by atoms with Gasteiger partial charge in [-0.1, -0.05) is 12.1 Å². The summed E-state index contributed by atoms with van der Waals surface area (Å²) in [5.41, 5.74) is 2.40. The maximum absolute atomic E-state index is 14.1.